The van der Waals surface area contributed by atoms with Crippen LogP contribution in [0.25, 0.3) is 17.3 Å². The molecule has 0 saturated carbocycles. The molecule has 0 fully saturated rings. The Morgan fingerprint density at radius 1 is 1.04 bits per heavy atom. The minimum Gasteiger partial charge on any atom is -0.231 e. The van der Waals surface area contributed by atoms with Crippen molar-refractivity contribution in [1.82, 2.24) is 9.78 Å². The van der Waals surface area contributed by atoms with Crippen LogP contribution in [0.1, 0.15) is 23.7 Å². The van der Waals surface area contributed by atoms with Crippen molar-refractivity contribution in [3.8, 4) is 5.69 Å². The number of rotatable bonds is 3. The number of aryl methyl sites for hydroxylation is 1. The molecule has 3 rings (SSSR count). The van der Waals surface area contributed by atoms with Gasteiger partial charge in [0.15, 0.2) is 0 Å². The van der Waals surface area contributed by atoms with Gasteiger partial charge in [0.2, 0.25) is 0 Å². The van der Waals surface area contributed by atoms with Crippen molar-refractivity contribution >= 4 is 46.5 Å². The Labute approximate surface area is 156 Å². The fourth-order valence-electron chi connectivity index (χ4n) is 2.55. The molecule has 0 spiro atoms. The van der Waals surface area contributed by atoms with Crippen LogP contribution < -0.4 is 0 Å². The Bertz CT molecular complexity index is 909. The molecule has 0 aliphatic carbocycles. The van der Waals surface area contributed by atoms with Gasteiger partial charge in [-0.2, -0.15) is 5.10 Å². The van der Waals surface area contributed by atoms with E-state index in [1.165, 1.54) is 0 Å². The van der Waals surface area contributed by atoms with Crippen molar-refractivity contribution in [3.05, 3.63) is 80.6 Å². The van der Waals surface area contributed by atoms with Crippen LogP contribution >= 0.6 is 34.8 Å². The fourth-order valence-corrected chi connectivity index (χ4v) is 3.17. The highest BCUT2D eigenvalue weighted by molar-refractivity contribution is 6.35. The molecule has 0 bridgehead atoms. The molecule has 0 saturated heterocycles. The quantitative estimate of drug-likeness (QED) is 0.510. The predicted molar refractivity (Wildman–Crippen MR) is 102 cm³/mol. The second-order valence-corrected chi connectivity index (χ2v) is 6.75. The molecule has 5 heteroatoms. The predicted octanol–water partition coefficient (Wildman–Crippen LogP) is 6.50. The summed E-state index contributed by atoms with van der Waals surface area (Å²) in [5, 5.41) is 6.20. The minimum absolute atomic E-state index is 0.541. The second kappa shape index (κ2) is 7.02. The number of nitrogens with zero attached hydrogens (tertiary/aromatic N) is 2. The molecule has 1 heterocycles. The van der Waals surface area contributed by atoms with Gasteiger partial charge < -0.3 is 0 Å². The molecule has 3 aromatic rings. The van der Waals surface area contributed by atoms with Gasteiger partial charge in [-0.25, -0.2) is 4.68 Å². The van der Waals surface area contributed by atoms with E-state index in [0.29, 0.717) is 15.1 Å². The molecule has 2 nitrogen and oxygen atoms in total. The summed E-state index contributed by atoms with van der Waals surface area (Å²) < 4.78 is 1.79. The third-order valence-corrected chi connectivity index (χ3v) is 4.44. The summed E-state index contributed by atoms with van der Waals surface area (Å²) in [5.41, 5.74) is 4.78. The maximum atomic E-state index is 6.33. The highest BCUT2D eigenvalue weighted by atomic mass is 35.5. The molecular formula is C19H14Cl3N2. The Morgan fingerprint density at radius 2 is 1.71 bits per heavy atom. The van der Waals surface area contributed by atoms with E-state index in [-0.39, 0.29) is 0 Å². The lowest BCUT2D eigenvalue weighted by molar-refractivity contribution is 0.863. The first-order valence-corrected chi connectivity index (χ1v) is 8.46. The molecule has 1 radical (unpaired) electrons. The normalized spacial score (nSPS) is 11.8. The molecule has 0 unspecified atom stereocenters. The Kier molecular flexibility index (Phi) is 5.00. The summed E-state index contributed by atoms with van der Waals surface area (Å²) in [6.07, 6.45) is 5.09. The topological polar surface area (TPSA) is 17.8 Å². The van der Waals surface area contributed by atoms with E-state index in [2.05, 4.69) is 17.4 Å². The molecule has 0 N–H and O–H groups in total. The van der Waals surface area contributed by atoms with Crippen LogP contribution in [0.2, 0.25) is 15.1 Å². The largest absolute Gasteiger partial charge is 0.231 e. The SMILES string of the molecule is CC(=Cc1ccc(Cl)cc1)c1c(C)[c]nn1-c1ccc(Cl)cc1Cl. The second-order valence-electron chi connectivity index (χ2n) is 5.47. The first kappa shape index (κ1) is 17.1. The average Bonchev–Trinajstić information content (AvgIpc) is 2.91. The number of halogens is 3. The van der Waals surface area contributed by atoms with Gasteiger partial charge in [0.25, 0.3) is 0 Å². The molecule has 24 heavy (non-hydrogen) atoms. The standard InChI is InChI=1S/C19H14Cl3N2/c1-12(9-14-3-5-15(20)6-4-14)19-13(2)11-23-24(19)18-8-7-16(21)10-17(18)22/h3-10H,1-2H3. The number of allylic oxidation sites excluding steroid dienone is 1. The minimum atomic E-state index is 0.541. The maximum absolute atomic E-state index is 6.33. The molecule has 121 valence electrons. The summed E-state index contributed by atoms with van der Waals surface area (Å²) in [6, 6.07) is 13.0. The average molecular weight is 377 g/mol. The van der Waals surface area contributed by atoms with Gasteiger partial charge in [-0.05, 0) is 61.4 Å². The molecule has 0 atom stereocenters. The van der Waals surface area contributed by atoms with E-state index in [0.717, 1.165) is 28.1 Å². The summed E-state index contributed by atoms with van der Waals surface area (Å²) in [7, 11) is 0. The zero-order chi connectivity index (χ0) is 17.3. The smallest absolute Gasteiger partial charge is 0.117 e. The lowest BCUT2D eigenvalue weighted by atomic mass is 10.1. The van der Waals surface area contributed by atoms with Crippen molar-refractivity contribution in [1.29, 1.82) is 0 Å². The van der Waals surface area contributed by atoms with Crippen LogP contribution in [0.5, 0.6) is 0 Å². The first-order chi connectivity index (χ1) is 11.5. The lowest BCUT2D eigenvalue weighted by Gasteiger charge is -2.11. The van der Waals surface area contributed by atoms with Crippen molar-refractivity contribution in [2.75, 3.05) is 0 Å². The van der Waals surface area contributed by atoms with Gasteiger partial charge in [0, 0.05) is 15.6 Å². The molecule has 0 aliphatic rings. The van der Waals surface area contributed by atoms with E-state index in [1.807, 2.05) is 44.2 Å². The lowest BCUT2D eigenvalue weighted by Crippen LogP contribution is -2.02. The summed E-state index contributed by atoms with van der Waals surface area (Å²) in [4.78, 5) is 0. The maximum Gasteiger partial charge on any atom is 0.117 e. The monoisotopic (exact) mass is 375 g/mol. The van der Waals surface area contributed by atoms with E-state index in [1.54, 1.807) is 16.8 Å². The highest BCUT2D eigenvalue weighted by Gasteiger charge is 2.14. The zero-order valence-electron chi connectivity index (χ0n) is 13.1. The van der Waals surface area contributed by atoms with E-state index in [4.69, 9.17) is 34.8 Å². The summed E-state index contributed by atoms with van der Waals surface area (Å²) >= 11 is 18.3. The number of benzene rings is 2. The fraction of sp³-hybridized carbons (Fsp3) is 0.105. The molecular weight excluding hydrogens is 363 g/mol. The Hall–Kier alpha value is -1.74. The Balaban J connectivity index is 2.08. The van der Waals surface area contributed by atoms with E-state index < -0.39 is 0 Å². The van der Waals surface area contributed by atoms with Crippen molar-refractivity contribution in [2.24, 2.45) is 0 Å². The van der Waals surface area contributed by atoms with Gasteiger partial charge in [-0.1, -0.05) is 46.9 Å². The van der Waals surface area contributed by atoms with Crippen LogP contribution in [0, 0.1) is 13.1 Å². The van der Waals surface area contributed by atoms with Gasteiger partial charge >= 0.3 is 0 Å². The number of aromatic nitrogens is 2. The van der Waals surface area contributed by atoms with Crippen molar-refractivity contribution < 1.29 is 0 Å². The van der Waals surface area contributed by atoms with Crippen LogP contribution in [0.15, 0.2) is 42.5 Å². The summed E-state index contributed by atoms with van der Waals surface area (Å²) in [5.74, 6) is 0. The number of hydrogen-bond donors (Lipinski definition) is 0. The van der Waals surface area contributed by atoms with Gasteiger partial charge in [0.05, 0.1) is 16.4 Å². The van der Waals surface area contributed by atoms with Crippen LogP contribution in [0.3, 0.4) is 0 Å². The Morgan fingerprint density at radius 3 is 2.38 bits per heavy atom. The van der Waals surface area contributed by atoms with Gasteiger partial charge in [-0.15, -0.1) is 0 Å². The molecule has 2 aromatic carbocycles. The van der Waals surface area contributed by atoms with Gasteiger partial charge in [-0.3, -0.25) is 0 Å². The van der Waals surface area contributed by atoms with Crippen LogP contribution in [-0.2, 0) is 0 Å². The number of hydrogen-bond acceptors (Lipinski definition) is 1. The van der Waals surface area contributed by atoms with Crippen molar-refractivity contribution in [3.63, 3.8) is 0 Å². The van der Waals surface area contributed by atoms with Gasteiger partial charge in [0.1, 0.15) is 6.20 Å². The highest BCUT2D eigenvalue weighted by Crippen LogP contribution is 2.29. The first-order valence-electron chi connectivity index (χ1n) is 7.32. The zero-order valence-corrected chi connectivity index (χ0v) is 15.4. The van der Waals surface area contributed by atoms with E-state index in [9.17, 15) is 0 Å². The van der Waals surface area contributed by atoms with Crippen LogP contribution in [-0.4, -0.2) is 9.78 Å². The van der Waals surface area contributed by atoms with E-state index >= 15 is 0 Å². The molecule has 0 aliphatic heterocycles. The molecule has 1 aromatic heterocycles. The summed E-state index contributed by atoms with van der Waals surface area (Å²) in [6.45, 7) is 4.01. The van der Waals surface area contributed by atoms with Crippen LogP contribution in [0.4, 0.5) is 0 Å². The third kappa shape index (κ3) is 3.51. The van der Waals surface area contributed by atoms with Crippen molar-refractivity contribution in [2.45, 2.75) is 13.8 Å². The third-order valence-electron chi connectivity index (χ3n) is 3.65. The molecule has 0 amide bonds.